The minimum Gasteiger partial charge on any atom is -0.336 e. The van der Waals surface area contributed by atoms with Crippen molar-refractivity contribution < 1.29 is 18.3 Å². The third-order valence-corrected chi connectivity index (χ3v) is 7.49. The topological polar surface area (TPSA) is 42.4 Å². The van der Waals surface area contributed by atoms with Crippen molar-refractivity contribution in [2.75, 3.05) is 0 Å². The highest BCUT2D eigenvalue weighted by atomic mass is 32.1. The van der Waals surface area contributed by atoms with Crippen molar-refractivity contribution in [3.8, 4) is 0 Å². The van der Waals surface area contributed by atoms with Gasteiger partial charge in [-0.1, -0.05) is 12.1 Å². The number of rotatable bonds is 5. The Kier molecular flexibility index (Phi) is 4.20. The molecule has 4 fully saturated rings. The molecule has 144 valence electrons. The van der Waals surface area contributed by atoms with E-state index in [9.17, 15) is 13.6 Å². The number of aryl methyl sites for hydroxylation is 1. The molecule has 6 rings (SSSR count). The molecule has 4 aliphatic rings. The van der Waals surface area contributed by atoms with Crippen LogP contribution in [0, 0.1) is 5.92 Å². The number of hydrogen-bond acceptors (Lipinski definition) is 4. The zero-order chi connectivity index (χ0) is 18.6. The number of carbonyl (C=O) groups is 1. The van der Waals surface area contributed by atoms with E-state index in [0.29, 0.717) is 31.6 Å². The van der Waals surface area contributed by atoms with Gasteiger partial charge in [-0.3, -0.25) is 4.79 Å². The van der Waals surface area contributed by atoms with Gasteiger partial charge < -0.3 is 9.64 Å². The van der Waals surface area contributed by atoms with Crippen molar-refractivity contribution in [1.29, 1.82) is 0 Å². The summed E-state index contributed by atoms with van der Waals surface area (Å²) >= 11 is 1.64. The fraction of sp³-hybridized carbons (Fsp3) is 0.600. The van der Waals surface area contributed by atoms with Gasteiger partial charge in [-0.25, -0.2) is 4.98 Å². The first-order valence-electron chi connectivity index (χ1n) is 9.63. The Morgan fingerprint density at radius 1 is 1.26 bits per heavy atom. The molecule has 2 aromatic rings. The van der Waals surface area contributed by atoms with E-state index in [1.165, 1.54) is 0 Å². The number of nitrogens with zero attached hydrogens (tertiary/aromatic N) is 2. The van der Waals surface area contributed by atoms with Crippen molar-refractivity contribution >= 4 is 27.5 Å². The van der Waals surface area contributed by atoms with E-state index in [1.807, 2.05) is 29.2 Å². The first kappa shape index (κ1) is 17.5. The summed E-state index contributed by atoms with van der Waals surface area (Å²) in [5.41, 5.74) is 0.264. The quantitative estimate of drug-likeness (QED) is 0.758. The van der Waals surface area contributed by atoms with Crippen molar-refractivity contribution in [2.45, 2.75) is 69.2 Å². The van der Waals surface area contributed by atoms with Gasteiger partial charge >= 0.3 is 6.61 Å². The second kappa shape index (κ2) is 6.48. The molecule has 2 unspecified atom stereocenters. The molecular weight excluding hydrogens is 370 g/mol. The van der Waals surface area contributed by atoms with E-state index in [2.05, 4.69) is 4.98 Å². The van der Waals surface area contributed by atoms with E-state index in [1.54, 1.807) is 11.3 Å². The number of piperidine rings is 2. The van der Waals surface area contributed by atoms with Crippen LogP contribution < -0.4 is 0 Å². The Labute approximate surface area is 160 Å². The summed E-state index contributed by atoms with van der Waals surface area (Å²) in [6.45, 7) is -2.73. The molecule has 2 saturated carbocycles. The molecule has 3 heterocycles. The van der Waals surface area contributed by atoms with E-state index in [0.717, 1.165) is 34.5 Å². The molecule has 7 heteroatoms. The third kappa shape index (κ3) is 3.14. The molecule has 2 aliphatic heterocycles. The standard InChI is InChI=1S/C20H22F2N2O2S/c21-19(22)26-20-9-12-7-13(10-20)24(14(8-12)11-20)18(25)6-5-17-23-15-3-1-2-4-16(15)27-17/h1-4,12-14,19H,5-11H2. The molecule has 1 aromatic heterocycles. The number of alkyl halides is 2. The fourth-order valence-corrected chi connectivity index (χ4v) is 6.63. The van der Waals surface area contributed by atoms with Gasteiger partial charge in [0.25, 0.3) is 0 Å². The van der Waals surface area contributed by atoms with Crippen LogP contribution in [-0.4, -0.2) is 40.1 Å². The smallest absolute Gasteiger partial charge is 0.336 e. The van der Waals surface area contributed by atoms with Gasteiger partial charge in [-0.2, -0.15) is 8.78 Å². The van der Waals surface area contributed by atoms with Gasteiger partial charge in [0.15, 0.2) is 0 Å². The lowest BCUT2D eigenvalue weighted by atomic mass is 9.61. The highest BCUT2D eigenvalue weighted by molar-refractivity contribution is 7.18. The number of halogens is 2. The summed E-state index contributed by atoms with van der Waals surface area (Å²) in [5.74, 6) is 0.546. The molecular formula is C20H22F2N2O2S. The number of carbonyl (C=O) groups excluding carboxylic acids is 1. The summed E-state index contributed by atoms with van der Waals surface area (Å²) in [6.07, 6.45) is 4.75. The van der Waals surface area contributed by atoms with Crippen LogP contribution >= 0.6 is 11.3 Å². The Balaban J connectivity index is 1.27. The summed E-state index contributed by atoms with van der Waals surface area (Å²) in [5, 5.41) is 0.979. The molecule has 0 spiro atoms. The average molecular weight is 392 g/mol. The van der Waals surface area contributed by atoms with E-state index < -0.39 is 12.2 Å². The monoisotopic (exact) mass is 392 g/mol. The predicted octanol–water partition coefficient (Wildman–Crippen LogP) is 4.38. The molecule has 1 aromatic carbocycles. The predicted molar refractivity (Wildman–Crippen MR) is 98.8 cm³/mol. The number of ether oxygens (including phenoxy) is 1. The van der Waals surface area contributed by atoms with E-state index in [-0.39, 0.29) is 18.0 Å². The molecule has 2 aliphatic carbocycles. The SMILES string of the molecule is O=C(CCc1nc2ccccc2s1)N1C2CC3CC1CC(OC(F)F)(C3)C2. The van der Waals surface area contributed by atoms with Crippen LogP contribution in [0.15, 0.2) is 24.3 Å². The van der Waals surface area contributed by atoms with Crippen LogP contribution in [-0.2, 0) is 16.0 Å². The van der Waals surface area contributed by atoms with Gasteiger partial charge in [-0.15, -0.1) is 11.3 Å². The van der Waals surface area contributed by atoms with Crippen molar-refractivity contribution in [2.24, 2.45) is 5.92 Å². The van der Waals surface area contributed by atoms with Crippen LogP contribution in [0.1, 0.15) is 43.5 Å². The fourth-order valence-electron chi connectivity index (χ4n) is 5.67. The number of fused-ring (bicyclic) bond motifs is 1. The molecule has 0 N–H and O–H groups in total. The van der Waals surface area contributed by atoms with Crippen molar-refractivity contribution in [1.82, 2.24) is 9.88 Å². The van der Waals surface area contributed by atoms with E-state index in [4.69, 9.17) is 4.74 Å². The zero-order valence-electron chi connectivity index (χ0n) is 14.9. The summed E-state index contributed by atoms with van der Waals surface area (Å²) < 4.78 is 32.0. The number of thiazole rings is 1. The molecule has 2 saturated heterocycles. The number of hydrogen-bond donors (Lipinski definition) is 0. The Morgan fingerprint density at radius 2 is 2.00 bits per heavy atom. The first-order valence-corrected chi connectivity index (χ1v) is 10.4. The lowest BCUT2D eigenvalue weighted by Gasteiger charge is -2.61. The Morgan fingerprint density at radius 3 is 2.70 bits per heavy atom. The average Bonchev–Trinajstić information content (AvgIpc) is 3.01. The molecule has 4 nitrogen and oxygen atoms in total. The van der Waals surface area contributed by atoms with Gasteiger partial charge in [0.05, 0.1) is 20.8 Å². The van der Waals surface area contributed by atoms with Crippen molar-refractivity contribution in [3.05, 3.63) is 29.3 Å². The molecule has 0 radical (unpaired) electrons. The number of para-hydroxylation sites is 1. The summed E-state index contributed by atoms with van der Waals surface area (Å²) in [6, 6.07) is 8.10. The zero-order valence-corrected chi connectivity index (χ0v) is 15.8. The van der Waals surface area contributed by atoms with Gasteiger partial charge in [0.1, 0.15) is 0 Å². The van der Waals surface area contributed by atoms with E-state index >= 15 is 0 Å². The number of amides is 1. The first-order chi connectivity index (χ1) is 13.0. The Bertz CT molecular complexity index is 818. The molecule has 4 bridgehead atoms. The highest BCUT2D eigenvalue weighted by Crippen LogP contribution is 2.53. The van der Waals surface area contributed by atoms with Crippen LogP contribution in [0.5, 0.6) is 0 Å². The molecule has 27 heavy (non-hydrogen) atoms. The van der Waals surface area contributed by atoms with Crippen LogP contribution in [0.3, 0.4) is 0 Å². The highest BCUT2D eigenvalue weighted by Gasteiger charge is 2.57. The summed E-state index contributed by atoms with van der Waals surface area (Å²) in [4.78, 5) is 19.6. The maximum atomic E-state index is 13.0. The molecule has 2 atom stereocenters. The lowest BCUT2D eigenvalue weighted by molar-refractivity contribution is -0.262. The minimum absolute atomic E-state index is 0.0536. The lowest BCUT2D eigenvalue weighted by Crippen LogP contribution is -2.66. The number of benzene rings is 1. The molecule has 1 amide bonds. The van der Waals surface area contributed by atoms with Crippen LogP contribution in [0.25, 0.3) is 10.2 Å². The van der Waals surface area contributed by atoms with Crippen LogP contribution in [0.2, 0.25) is 0 Å². The largest absolute Gasteiger partial charge is 0.345 e. The normalized spacial score (nSPS) is 32.0. The van der Waals surface area contributed by atoms with Gasteiger partial charge in [-0.05, 0) is 50.2 Å². The maximum Gasteiger partial charge on any atom is 0.345 e. The van der Waals surface area contributed by atoms with Crippen LogP contribution in [0.4, 0.5) is 8.78 Å². The van der Waals surface area contributed by atoms with Gasteiger partial charge in [0.2, 0.25) is 5.91 Å². The maximum absolute atomic E-state index is 13.0. The van der Waals surface area contributed by atoms with Crippen molar-refractivity contribution in [3.63, 3.8) is 0 Å². The third-order valence-electron chi connectivity index (χ3n) is 6.39. The minimum atomic E-state index is -2.73. The van der Waals surface area contributed by atoms with Gasteiger partial charge in [0, 0.05) is 24.9 Å². The summed E-state index contributed by atoms with van der Waals surface area (Å²) in [7, 11) is 0. The number of aromatic nitrogens is 1. The second-order valence-electron chi connectivity index (χ2n) is 8.20. The Hall–Kier alpha value is -1.60. The second-order valence-corrected chi connectivity index (χ2v) is 9.31.